The van der Waals surface area contributed by atoms with Gasteiger partial charge in [-0.1, -0.05) is 47.5 Å². The molecule has 8 heteroatoms. The molecule has 152 valence electrons. The van der Waals surface area contributed by atoms with E-state index in [-0.39, 0.29) is 36.5 Å². The highest BCUT2D eigenvalue weighted by atomic mass is 35.5. The number of rotatable bonds is 9. The maximum atomic E-state index is 12.2. The summed E-state index contributed by atoms with van der Waals surface area (Å²) in [6, 6.07) is 15.0. The van der Waals surface area contributed by atoms with Gasteiger partial charge >= 0.3 is 0 Å². The molecule has 5 nitrogen and oxygen atoms in total. The van der Waals surface area contributed by atoms with Crippen LogP contribution in [0, 0.1) is 0 Å². The Morgan fingerprint density at radius 2 is 1.57 bits per heavy atom. The van der Waals surface area contributed by atoms with E-state index in [0.717, 1.165) is 11.1 Å². The third-order valence-corrected chi connectivity index (χ3v) is 5.85. The summed E-state index contributed by atoms with van der Waals surface area (Å²) in [6.45, 7) is 1.94. The van der Waals surface area contributed by atoms with Crippen LogP contribution in [-0.4, -0.2) is 26.1 Å². The van der Waals surface area contributed by atoms with E-state index in [1.165, 1.54) is 0 Å². The molecule has 2 aromatic carbocycles. The number of primary sulfonamides is 1. The van der Waals surface area contributed by atoms with E-state index in [1.807, 2.05) is 55.5 Å². The molecule has 2 rings (SSSR count). The van der Waals surface area contributed by atoms with Gasteiger partial charge in [-0.05, 0) is 55.2 Å². The van der Waals surface area contributed by atoms with Gasteiger partial charge in [-0.3, -0.25) is 4.79 Å². The standard InChI is InChI=1S/C20H24Cl2N2O3S/c1-14(24-20(25)3-2-12-28(23,26)27)19(16-6-10-18(22)11-7-16)13-15-4-8-17(21)9-5-15/h4-11,14,19H,2-3,12-13H2,1H3,(H,24,25)(H2,23,26,27). The zero-order valence-corrected chi connectivity index (χ0v) is 17.9. The van der Waals surface area contributed by atoms with Gasteiger partial charge in [0.15, 0.2) is 0 Å². The Hall–Kier alpha value is -1.60. The number of hydrogen-bond donors (Lipinski definition) is 2. The van der Waals surface area contributed by atoms with Crippen molar-refractivity contribution in [2.75, 3.05) is 5.75 Å². The molecular weight excluding hydrogens is 419 g/mol. The monoisotopic (exact) mass is 442 g/mol. The Labute approximate surface area is 176 Å². The maximum Gasteiger partial charge on any atom is 0.220 e. The van der Waals surface area contributed by atoms with Crippen molar-refractivity contribution in [3.63, 3.8) is 0 Å². The van der Waals surface area contributed by atoms with Gasteiger partial charge in [-0.25, -0.2) is 13.6 Å². The fourth-order valence-corrected chi connectivity index (χ4v) is 3.83. The first kappa shape index (κ1) is 22.7. The number of sulfonamides is 1. The van der Waals surface area contributed by atoms with Crippen LogP contribution < -0.4 is 10.5 Å². The highest BCUT2D eigenvalue weighted by molar-refractivity contribution is 7.89. The van der Waals surface area contributed by atoms with Crippen LogP contribution in [0.5, 0.6) is 0 Å². The van der Waals surface area contributed by atoms with E-state index in [9.17, 15) is 13.2 Å². The van der Waals surface area contributed by atoms with Crippen LogP contribution >= 0.6 is 23.2 Å². The number of benzene rings is 2. The molecule has 0 saturated heterocycles. The van der Waals surface area contributed by atoms with E-state index < -0.39 is 10.0 Å². The van der Waals surface area contributed by atoms with Gasteiger partial charge in [0.2, 0.25) is 15.9 Å². The molecule has 2 aromatic rings. The van der Waals surface area contributed by atoms with E-state index in [4.69, 9.17) is 28.3 Å². The Morgan fingerprint density at radius 1 is 1.04 bits per heavy atom. The zero-order valence-electron chi connectivity index (χ0n) is 15.6. The van der Waals surface area contributed by atoms with Crippen LogP contribution in [0.1, 0.15) is 36.8 Å². The van der Waals surface area contributed by atoms with Gasteiger partial charge < -0.3 is 5.32 Å². The number of carbonyl (C=O) groups excluding carboxylic acids is 1. The quantitative estimate of drug-likeness (QED) is 0.616. The molecule has 0 fully saturated rings. The molecule has 0 aromatic heterocycles. The summed E-state index contributed by atoms with van der Waals surface area (Å²) in [5.41, 5.74) is 2.15. The number of halogens is 2. The minimum absolute atomic E-state index is 0.0145. The maximum absolute atomic E-state index is 12.2. The van der Waals surface area contributed by atoms with Crippen molar-refractivity contribution in [3.8, 4) is 0 Å². The van der Waals surface area contributed by atoms with Crippen LogP contribution in [0.4, 0.5) is 0 Å². The molecule has 2 unspecified atom stereocenters. The SMILES string of the molecule is CC(NC(=O)CCCS(N)(=O)=O)C(Cc1ccc(Cl)cc1)c1ccc(Cl)cc1. The van der Waals surface area contributed by atoms with Crippen LogP contribution in [-0.2, 0) is 21.2 Å². The van der Waals surface area contributed by atoms with Crippen LogP contribution in [0.3, 0.4) is 0 Å². The minimum Gasteiger partial charge on any atom is -0.353 e. The molecule has 0 saturated carbocycles. The lowest BCUT2D eigenvalue weighted by Gasteiger charge is -2.26. The predicted octanol–water partition coefficient (Wildman–Crippen LogP) is 3.89. The minimum atomic E-state index is -3.56. The average molecular weight is 443 g/mol. The van der Waals surface area contributed by atoms with Crippen molar-refractivity contribution >= 4 is 39.1 Å². The fourth-order valence-electron chi connectivity index (χ4n) is 3.03. The summed E-state index contributed by atoms with van der Waals surface area (Å²) in [6.07, 6.45) is 1.01. The summed E-state index contributed by atoms with van der Waals surface area (Å²) in [5.74, 6) is -0.396. The van der Waals surface area contributed by atoms with Crippen molar-refractivity contribution < 1.29 is 13.2 Å². The lowest BCUT2D eigenvalue weighted by Crippen LogP contribution is -2.38. The highest BCUT2D eigenvalue weighted by Crippen LogP contribution is 2.27. The molecular formula is C20H24Cl2N2O3S. The highest BCUT2D eigenvalue weighted by Gasteiger charge is 2.22. The third-order valence-electron chi connectivity index (χ3n) is 4.49. The molecule has 0 heterocycles. The number of carbonyl (C=O) groups is 1. The smallest absolute Gasteiger partial charge is 0.220 e. The summed E-state index contributed by atoms with van der Waals surface area (Å²) in [7, 11) is -3.56. The molecule has 0 aliphatic carbocycles. The third kappa shape index (κ3) is 7.80. The van der Waals surface area contributed by atoms with Gasteiger partial charge in [-0.2, -0.15) is 0 Å². The van der Waals surface area contributed by atoms with Gasteiger partial charge in [-0.15, -0.1) is 0 Å². The Bertz CT molecular complexity index is 885. The van der Waals surface area contributed by atoms with Crippen molar-refractivity contribution in [1.82, 2.24) is 5.32 Å². The van der Waals surface area contributed by atoms with Gasteiger partial charge in [0.05, 0.1) is 5.75 Å². The van der Waals surface area contributed by atoms with Crippen molar-refractivity contribution in [2.24, 2.45) is 5.14 Å². The molecule has 0 bridgehead atoms. The molecule has 2 atom stereocenters. The fraction of sp³-hybridized carbons (Fsp3) is 0.350. The van der Waals surface area contributed by atoms with E-state index in [2.05, 4.69) is 5.32 Å². The molecule has 1 amide bonds. The van der Waals surface area contributed by atoms with Crippen molar-refractivity contribution in [2.45, 2.75) is 38.1 Å². The van der Waals surface area contributed by atoms with Crippen LogP contribution in [0.2, 0.25) is 10.0 Å². The molecule has 3 N–H and O–H groups in total. The number of nitrogens with one attached hydrogen (secondary N) is 1. The lowest BCUT2D eigenvalue weighted by molar-refractivity contribution is -0.121. The summed E-state index contributed by atoms with van der Waals surface area (Å²) in [5, 5.41) is 9.27. The first-order valence-corrected chi connectivity index (χ1v) is 11.4. The molecule has 0 radical (unpaired) electrons. The second kappa shape index (κ2) is 10.3. The average Bonchev–Trinajstić information content (AvgIpc) is 2.61. The molecule has 0 spiro atoms. The van der Waals surface area contributed by atoms with Crippen LogP contribution in [0.25, 0.3) is 0 Å². The summed E-state index contributed by atoms with van der Waals surface area (Å²) >= 11 is 12.0. The topological polar surface area (TPSA) is 89.3 Å². The van der Waals surface area contributed by atoms with Gasteiger partial charge in [0.25, 0.3) is 0 Å². The second-order valence-electron chi connectivity index (χ2n) is 6.82. The van der Waals surface area contributed by atoms with E-state index >= 15 is 0 Å². The molecule has 0 aliphatic heterocycles. The van der Waals surface area contributed by atoms with Crippen molar-refractivity contribution in [1.29, 1.82) is 0 Å². The first-order chi connectivity index (χ1) is 13.1. The van der Waals surface area contributed by atoms with Crippen molar-refractivity contribution in [3.05, 3.63) is 69.7 Å². The van der Waals surface area contributed by atoms with Gasteiger partial charge in [0.1, 0.15) is 0 Å². The molecule has 0 aliphatic rings. The largest absolute Gasteiger partial charge is 0.353 e. The van der Waals surface area contributed by atoms with Gasteiger partial charge in [0, 0.05) is 28.4 Å². The Kier molecular flexibility index (Phi) is 8.31. The number of nitrogens with two attached hydrogens (primary N) is 1. The van der Waals surface area contributed by atoms with E-state index in [0.29, 0.717) is 16.5 Å². The molecule has 28 heavy (non-hydrogen) atoms. The Morgan fingerprint density at radius 3 is 2.11 bits per heavy atom. The normalized spacial score (nSPS) is 13.7. The van der Waals surface area contributed by atoms with E-state index in [1.54, 1.807) is 0 Å². The number of amides is 1. The Balaban J connectivity index is 2.09. The zero-order chi connectivity index (χ0) is 20.7. The summed E-state index contributed by atoms with van der Waals surface area (Å²) in [4.78, 5) is 12.2. The summed E-state index contributed by atoms with van der Waals surface area (Å²) < 4.78 is 22.0. The van der Waals surface area contributed by atoms with Crippen LogP contribution in [0.15, 0.2) is 48.5 Å². The predicted molar refractivity (Wildman–Crippen MR) is 114 cm³/mol. The lowest BCUT2D eigenvalue weighted by atomic mass is 9.86. The number of hydrogen-bond acceptors (Lipinski definition) is 3. The second-order valence-corrected chi connectivity index (χ2v) is 9.42. The first-order valence-electron chi connectivity index (χ1n) is 8.94.